The van der Waals surface area contributed by atoms with Gasteiger partial charge in [-0.3, -0.25) is 4.90 Å². The van der Waals surface area contributed by atoms with Crippen LogP contribution in [0, 0.1) is 0 Å². The minimum atomic E-state index is -2.83. The summed E-state index contributed by atoms with van der Waals surface area (Å²) in [6, 6.07) is 7.82. The average molecular weight is 254 g/mol. The van der Waals surface area contributed by atoms with Gasteiger partial charge in [-0.05, 0) is 24.6 Å². The van der Waals surface area contributed by atoms with Crippen molar-refractivity contribution >= 4 is 15.5 Å². The maximum atomic E-state index is 11.5. The van der Waals surface area contributed by atoms with E-state index in [1.807, 2.05) is 31.2 Å². The third-order valence-corrected chi connectivity index (χ3v) is 4.94. The molecule has 0 aliphatic carbocycles. The van der Waals surface area contributed by atoms with E-state index in [0.29, 0.717) is 6.54 Å². The Labute approximate surface area is 102 Å². The summed E-state index contributed by atoms with van der Waals surface area (Å²) < 4.78 is 22.9. The van der Waals surface area contributed by atoms with Crippen molar-refractivity contribution in [2.24, 2.45) is 0 Å². The first kappa shape index (κ1) is 12.4. The van der Waals surface area contributed by atoms with E-state index < -0.39 is 9.84 Å². The zero-order chi connectivity index (χ0) is 12.5. The van der Waals surface area contributed by atoms with E-state index in [0.717, 1.165) is 17.8 Å². The second-order valence-electron chi connectivity index (χ2n) is 4.68. The van der Waals surface area contributed by atoms with Gasteiger partial charge >= 0.3 is 0 Å². The number of hydrogen-bond acceptors (Lipinski definition) is 4. The number of anilines is 1. The minimum Gasteiger partial charge on any atom is -0.399 e. The highest BCUT2D eigenvalue weighted by molar-refractivity contribution is 7.91. The van der Waals surface area contributed by atoms with E-state index in [4.69, 9.17) is 5.73 Å². The SMILES string of the molecule is CC1CS(=O)(=O)CCN1Cc1cccc(N)c1. The second-order valence-corrected chi connectivity index (χ2v) is 6.91. The molecule has 1 saturated heterocycles. The summed E-state index contributed by atoms with van der Waals surface area (Å²) in [6.45, 7) is 3.34. The Bertz CT molecular complexity index is 499. The number of hydrogen-bond donors (Lipinski definition) is 1. The van der Waals surface area contributed by atoms with Gasteiger partial charge in [0.15, 0.2) is 9.84 Å². The number of rotatable bonds is 2. The van der Waals surface area contributed by atoms with Crippen molar-refractivity contribution in [3.63, 3.8) is 0 Å². The van der Waals surface area contributed by atoms with Gasteiger partial charge in [-0.2, -0.15) is 0 Å². The highest BCUT2D eigenvalue weighted by Gasteiger charge is 2.27. The van der Waals surface area contributed by atoms with Crippen LogP contribution in [0.2, 0.25) is 0 Å². The van der Waals surface area contributed by atoms with Gasteiger partial charge in [-0.25, -0.2) is 8.42 Å². The molecule has 1 aromatic carbocycles. The molecule has 1 atom stereocenters. The molecular formula is C12H18N2O2S. The third kappa shape index (κ3) is 3.20. The predicted molar refractivity (Wildman–Crippen MR) is 69.4 cm³/mol. The zero-order valence-corrected chi connectivity index (χ0v) is 10.8. The molecule has 1 unspecified atom stereocenters. The van der Waals surface area contributed by atoms with Gasteiger partial charge in [0.1, 0.15) is 0 Å². The Morgan fingerprint density at radius 3 is 2.88 bits per heavy atom. The molecule has 0 aromatic heterocycles. The normalized spacial score (nSPS) is 24.6. The lowest BCUT2D eigenvalue weighted by molar-refractivity contribution is 0.218. The van der Waals surface area contributed by atoms with Crippen LogP contribution < -0.4 is 5.73 Å². The summed E-state index contributed by atoms with van der Waals surface area (Å²) in [5, 5.41) is 0. The highest BCUT2D eigenvalue weighted by Crippen LogP contribution is 2.16. The molecule has 94 valence electrons. The van der Waals surface area contributed by atoms with Gasteiger partial charge in [0.2, 0.25) is 0 Å². The van der Waals surface area contributed by atoms with Crippen molar-refractivity contribution < 1.29 is 8.42 Å². The van der Waals surface area contributed by atoms with Crippen LogP contribution in [0.3, 0.4) is 0 Å². The largest absolute Gasteiger partial charge is 0.399 e. The Morgan fingerprint density at radius 1 is 1.47 bits per heavy atom. The third-order valence-electron chi connectivity index (χ3n) is 3.14. The van der Waals surface area contributed by atoms with E-state index in [1.165, 1.54) is 0 Å². The summed E-state index contributed by atoms with van der Waals surface area (Å²) in [5.74, 6) is 0.523. The Hall–Kier alpha value is -1.07. The maximum absolute atomic E-state index is 11.5. The summed E-state index contributed by atoms with van der Waals surface area (Å²) in [6.07, 6.45) is 0. The zero-order valence-electron chi connectivity index (χ0n) is 9.96. The van der Waals surface area contributed by atoms with E-state index >= 15 is 0 Å². The van der Waals surface area contributed by atoms with Gasteiger partial charge < -0.3 is 5.73 Å². The van der Waals surface area contributed by atoms with Gasteiger partial charge in [0.05, 0.1) is 11.5 Å². The molecule has 0 spiro atoms. The molecule has 17 heavy (non-hydrogen) atoms. The minimum absolute atomic E-state index is 0.0789. The van der Waals surface area contributed by atoms with Crippen LogP contribution in [0.15, 0.2) is 24.3 Å². The Kier molecular flexibility index (Phi) is 3.40. The van der Waals surface area contributed by atoms with Gasteiger partial charge in [0, 0.05) is 24.8 Å². The van der Waals surface area contributed by atoms with Crippen molar-refractivity contribution in [1.29, 1.82) is 0 Å². The van der Waals surface area contributed by atoms with Crippen LogP contribution in [0.5, 0.6) is 0 Å². The fourth-order valence-corrected chi connectivity index (χ4v) is 3.82. The van der Waals surface area contributed by atoms with Crippen molar-refractivity contribution in [3.8, 4) is 0 Å². The smallest absolute Gasteiger partial charge is 0.153 e. The first-order valence-corrected chi connectivity index (χ1v) is 7.57. The molecule has 2 rings (SSSR count). The first-order chi connectivity index (χ1) is 7.96. The molecule has 4 nitrogen and oxygen atoms in total. The summed E-state index contributed by atoms with van der Waals surface area (Å²) >= 11 is 0. The summed E-state index contributed by atoms with van der Waals surface area (Å²) in [4.78, 5) is 2.19. The first-order valence-electron chi connectivity index (χ1n) is 5.75. The molecule has 0 bridgehead atoms. The lowest BCUT2D eigenvalue weighted by Crippen LogP contribution is -2.46. The van der Waals surface area contributed by atoms with Gasteiger partial charge in [-0.15, -0.1) is 0 Å². The Balaban J connectivity index is 2.05. The second kappa shape index (κ2) is 4.66. The lowest BCUT2D eigenvalue weighted by Gasteiger charge is -2.33. The van der Waals surface area contributed by atoms with Gasteiger partial charge in [-0.1, -0.05) is 12.1 Å². The van der Waals surface area contributed by atoms with E-state index in [9.17, 15) is 8.42 Å². The highest BCUT2D eigenvalue weighted by atomic mass is 32.2. The Morgan fingerprint density at radius 2 is 2.24 bits per heavy atom. The number of nitrogen functional groups attached to an aromatic ring is 1. The van der Waals surface area contributed by atoms with Crippen molar-refractivity contribution in [3.05, 3.63) is 29.8 Å². The van der Waals surface area contributed by atoms with Crippen LogP contribution in [0.25, 0.3) is 0 Å². The molecule has 0 amide bonds. The van der Waals surface area contributed by atoms with Crippen LogP contribution in [-0.4, -0.2) is 37.4 Å². The molecule has 1 aliphatic heterocycles. The molecule has 1 fully saturated rings. The van der Waals surface area contributed by atoms with Crippen molar-refractivity contribution in [1.82, 2.24) is 4.90 Å². The topological polar surface area (TPSA) is 63.4 Å². The molecule has 0 radical (unpaired) electrons. The average Bonchev–Trinajstić information content (AvgIpc) is 2.22. The monoisotopic (exact) mass is 254 g/mol. The van der Waals surface area contributed by atoms with Crippen LogP contribution in [0.4, 0.5) is 5.69 Å². The van der Waals surface area contributed by atoms with Crippen LogP contribution in [-0.2, 0) is 16.4 Å². The number of benzene rings is 1. The fraction of sp³-hybridized carbons (Fsp3) is 0.500. The standard InChI is InChI=1S/C12H18N2O2S/c1-10-9-17(15,16)6-5-14(10)8-11-3-2-4-12(13)7-11/h2-4,7,10H,5-6,8-9,13H2,1H3. The van der Waals surface area contributed by atoms with Crippen LogP contribution >= 0.6 is 0 Å². The number of nitrogens with two attached hydrogens (primary N) is 1. The molecular weight excluding hydrogens is 236 g/mol. The maximum Gasteiger partial charge on any atom is 0.153 e. The predicted octanol–water partition coefficient (Wildman–Crippen LogP) is 0.888. The molecule has 1 heterocycles. The van der Waals surface area contributed by atoms with E-state index in [-0.39, 0.29) is 17.5 Å². The number of sulfone groups is 1. The summed E-state index contributed by atoms with van der Waals surface area (Å²) in [5.41, 5.74) is 7.61. The van der Waals surface area contributed by atoms with Crippen LogP contribution in [0.1, 0.15) is 12.5 Å². The molecule has 1 aliphatic rings. The fourth-order valence-electron chi connectivity index (χ4n) is 2.19. The van der Waals surface area contributed by atoms with Crippen molar-refractivity contribution in [2.45, 2.75) is 19.5 Å². The molecule has 5 heteroatoms. The molecule has 0 saturated carbocycles. The van der Waals surface area contributed by atoms with E-state index in [2.05, 4.69) is 4.90 Å². The summed E-state index contributed by atoms with van der Waals surface area (Å²) in [7, 11) is -2.83. The number of nitrogens with zero attached hydrogens (tertiary/aromatic N) is 1. The lowest BCUT2D eigenvalue weighted by atomic mass is 10.1. The van der Waals surface area contributed by atoms with E-state index in [1.54, 1.807) is 0 Å². The molecule has 2 N–H and O–H groups in total. The van der Waals surface area contributed by atoms with Crippen molar-refractivity contribution in [2.75, 3.05) is 23.8 Å². The molecule has 1 aromatic rings. The van der Waals surface area contributed by atoms with Gasteiger partial charge in [0.25, 0.3) is 0 Å². The quantitative estimate of drug-likeness (QED) is 0.796.